The lowest BCUT2D eigenvalue weighted by atomic mass is 9.78. The van der Waals surface area contributed by atoms with Crippen LogP contribution in [0.3, 0.4) is 0 Å². The monoisotopic (exact) mass is 326 g/mol. The second-order valence-corrected chi connectivity index (χ2v) is 5.78. The van der Waals surface area contributed by atoms with Crippen molar-refractivity contribution < 1.29 is 13.9 Å². The van der Waals surface area contributed by atoms with Crippen LogP contribution in [0.2, 0.25) is 10.0 Å². The molecule has 0 aliphatic rings. The lowest BCUT2D eigenvalue weighted by molar-refractivity contribution is -0.149. The first-order valence-electron chi connectivity index (χ1n) is 6.62. The Hall–Kier alpha value is -1.45. The summed E-state index contributed by atoms with van der Waals surface area (Å²) in [5.74, 6) is 0.349. The molecule has 0 saturated heterocycles. The largest absolute Gasteiger partial charge is 0.469 e. The van der Waals surface area contributed by atoms with Crippen molar-refractivity contribution in [3.05, 3.63) is 58.0 Å². The van der Waals surface area contributed by atoms with E-state index in [1.54, 1.807) is 44.4 Å². The van der Waals surface area contributed by atoms with E-state index in [0.717, 1.165) is 0 Å². The van der Waals surface area contributed by atoms with Crippen molar-refractivity contribution >= 4 is 29.2 Å². The highest BCUT2D eigenvalue weighted by Crippen LogP contribution is 2.36. The summed E-state index contributed by atoms with van der Waals surface area (Å²) in [6.07, 6.45) is 1.94. The fourth-order valence-electron chi connectivity index (χ4n) is 2.27. The Bertz CT molecular complexity index is 622. The van der Waals surface area contributed by atoms with Crippen molar-refractivity contribution in [3.63, 3.8) is 0 Å². The zero-order valence-electron chi connectivity index (χ0n) is 11.9. The van der Waals surface area contributed by atoms with Gasteiger partial charge in [-0.25, -0.2) is 0 Å². The number of benzene rings is 1. The van der Waals surface area contributed by atoms with E-state index in [1.165, 1.54) is 0 Å². The van der Waals surface area contributed by atoms with Crippen LogP contribution in [0.15, 0.2) is 41.0 Å². The van der Waals surface area contributed by atoms with Gasteiger partial charge in [-0.1, -0.05) is 29.3 Å². The Morgan fingerprint density at radius 2 is 2.10 bits per heavy atom. The summed E-state index contributed by atoms with van der Waals surface area (Å²) in [7, 11) is 0. The van der Waals surface area contributed by atoms with E-state index in [1.807, 2.05) is 6.07 Å². The van der Waals surface area contributed by atoms with Crippen LogP contribution in [0.1, 0.15) is 25.2 Å². The molecule has 2 aromatic rings. The first kappa shape index (κ1) is 15.9. The Morgan fingerprint density at radius 1 is 1.33 bits per heavy atom. The average molecular weight is 327 g/mol. The molecule has 1 atom stereocenters. The van der Waals surface area contributed by atoms with Crippen LogP contribution in [0.5, 0.6) is 0 Å². The summed E-state index contributed by atoms with van der Waals surface area (Å²) in [6.45, 7) is 3.87. The van der Waals surface area contributed by atoms with Gasteiger partial charge in [-0.05, 0) is 43.7 Å². The van der Waals surface area contributed by atoms with Gasteiger partial charge in [0, 0.05) is 16.5 Å². The number of carbonyl (C=O) groups is 1. The first-order chi connectivity index (χ1) is 9.97. The van der Waals surface area contributed by atoms with Gasteiger partial charge in [-0.15, -0.1) is 0 Å². The van der Waals surface area contributed by atoms with Crippen molar-refractivity contribution in [1.29, 1.82) is 0 Å². The van der Waals surface area contributed by atoms with Crippen LogP contribution in [-0.4, -0.2) is 12.6 Å². The molecule has 0 aliphatic carbocycles. The highest BCUT2D eigenvalue weighted by molar-refractivity contribution is 6.35. The predicted molar refractivity (Wildman–Crippen MR) is 82.9 cm³/mol. The third-order valence-corrected chi connectivity index (χ3v) is 3.91. The molecule has 0 aliphatic heterocycles. The fourth-order valence-corrected chi connectivity index (χ4v) is 2.88. The summed E-state index contributed by atoms with van der Waals surface area (Å²) in [6, 6.07) is 8.69. The number of hydrogen-bond donors (Lipinski definition) is 0. The third-order valence-electron chi connectivity index (χ3n) is 3.36. The highest BCUT2D eigenvalue weighted by Gasteiger charge is 2.39. The molecule has 2 rings (SSSR count). The van der Waals surface area contributed by atoms with E-state index < -0.39 is 5.41 Å². The predicted octanol–water partition coefficient (Wildman–Crippen LogP) is 4.65. The zero-order valence-corrected chi connectivity index (χ0v) is 13.4. The van der Waals surface area contributed by atoms with Gasteiger partial charge in [0.05, 0.1) is 18.3 Å². The minimum absolute atomic E-state index is 0.303. The molecule has 21 heavy (non-hydrogen) atoms. The smallest absolute Gasteiger partial charge is 0.316 e. The summed E-state index contributed by atoms with van der Waals surface area (Å²) in [5.41, 5.74) is -0.265. The van der Waals surface area contributed by atoms with Crippen LogP contribution < -0.4 is 0 Å². The zero-order chi connectivity index (χ0) is 15.5. The van der Waals surface area contributed by atoms with E-state index in [9.17, 15) is 4.79 Å². The van der Waals surface area contributed by atoms with E-state index in [0.29, 0.717) is 34.4 Å². The van der Waals surface area contributed by atoms with Crippen molar-refractivity contribution in [1.82, 2.24) is 0 Å². The standard InChI is InChI=1S/C16H16Cl2O3/c1-3-20-15(19)16(2,10-12-5-4-8-21-12)13-7-6-11(17)9-14(13)18/h4-9H,3,10H2,1-2H3. The Morgan fingerprint density at radius 3 is 2.67 bits per heavy atom. The highest BCUT2D eigenvalue weighted by atomic mass is 35.5. The second kappa shape index (κ2) is 6.54. The number of esters is 1. The lowest BCUT2D eigenvalue weighted by Crippen LogP contribution is -2.37. The normalized spacial score (nSPS) is 13.7. The Kier molecular flexibility index (Phi) is 4.96. The molecule has 3 nitrogen and oxygen atoms in total. The molecule has 0 N–H and O–H groups in total. The topological polar surface area (TPSA) is 39.4 Å². The van der Waals surface area contributed by atoms with E-state index in [-0.39, 0.29) is 5.97 Å². The van der Waals surface area contributed by atoms with Crippen molar-refractivity contribution in [3.8, 4) is 0 Å². The lowest BCUT2D eigenvalue weighted by Gasteiger charge is -2.28. The summed E-state index contributed by atoms with van der Waals surface area (Å²) >= 11 is 12.2. The quantitative estimate of drug-likeness (QED) is 0.751. The van der Waals surface area contributed by atoms with Crippen molar-refractivity contribution in [2.45, 2.75) is 25.7 Å². The minimum atomic E-state index is -0.935. The fraction of sp³-hybridized carbons (Fsp3) is 0.312. The van der Waals surface area contributed by atoms with Crippen LogP contribution in [0.25, 0.3) is 0 Å². The summed E-state index contributed by atoms with van der Waals surface area (Å²) in [5, 5.41) is 0.956. The Balaban J connectivity index is 2.46. The van der Waals surface area contributed by atoms with Crippen molar-refractivity contribution in [2.75, 3.05) is 6.61 Å². The molecule has 0 radical (unpaired) electrons. The molecule has 1 aromatic carbocycles. The van der Waals surface area contributed by atoms with Gasteiger partial charge in [0.2, 0.25) is 0 Å². The minimum Gasteiger partial charge on any atom is -0.469 e. The maximum absolute atomic E-state index is 12.5. The molecule has 0 bridgehead atoms. The molecule has 1 aromatic heterocycles. The van der Waals surface area contributed by atoms with E-state index in [4.69, 9.17) is 32.4 Å². The van der Waals surface area contributed by atoms with Gasteiger partial charge in [0.1, 0.15) is 5.76 Å². The van der Waals surface area contributed by atoms with E-state index >= 15 is 0 Å². The van der Waals surface area contributed by atoms with Gasteiger partial charge in [-0.3, -0.25) is 4.79 Å². The number of carbonyl (C=O) groups excluding carboxylic acids is 1. The summed E-state index contributed by atoms with van der Waals surface area (Å²) in [4.78, 5) is 12.5. The number of hydrogen-bond acceptors (Lipinski definition) is 3. The van der Waals surface area contributed by atoms with Crippen molar-refractivity contribution in [2.24, 2.45) is 0 Å². The molecule has 0 amide bonds. The number of furan rings is 1. The molecule has 0 spiro atoms. The van der Waals surface area contributed by atoms with Gasteiger partial charge in [0.25, 0.3) is 0 Å². The van der Waals surface area contributed by atoms with Crippen LogP contribution >= 0.6 is 23.2 Å². The molecule has 1 heterocycles. The van der Waals surface area contributed by atoms with Gasteiger partial charge < -0.3 is 9.15 Å². The average Bonchev–Trinajstić information content (AvgIpc) is 2.91. The third kappa shape index (κ3) is 3.42. The Labute approximate surface area is 133 Å². The van der Waals surface area contributed by atoms with Crippen LogP contribution in [0, 0.1) is 0 Å². The first-order valence-corrected chi connectivity index (χ1v) is 7.38. The van der Waals surface area contributed by atoms with Crippen LogP contribution in [-0.2, 0) is 21.4 Å². The number of rotatable bonds is 5. The second-order valence-electron chi connectivity index (χ2n) is 4.93. The van der Waals surface area contributed by atoms with E-state index in [2.05, 4.69) is 0 Å². The molecule has 0 saturated carbocycles. The molecule has 5 heteroatoms. The molecular weight excluding hydrogens is 311 g/mol. The maximum Gasteiger partial charge on any atom is 0.316 e. The number of halogens is 2. The molecule has 1 unspecified atom stereocenters. The molecular formula is C16H16Cl2O3. The van der Waals surface area contributed by atoms with Crippen LogP contribution in [0.4, 0.5) is 0 Å². The SMILES string of the molecule is CCOC(=O)C(C)(Cc1ccco1)c1ccc(Cl)cc1Cl. The van der Waals surface area contributed by atoms with Gasteiger partial charge in [0.15, 0.2) is 0 Å². The maximum atomic E-state index is 12.5. The number of ether oxygens (including phenoxy) is 1. The molecule has 112 valence electrons. The summed E-state index contributed by atoms with van der Waals surface area (Å²) < 4.78 is 10.6. The van der Waals surface area contributed by atoms with Gasteiger partial charge in [-0.2, -0.15) is 0 Å². The van der Waals surface area contributed by atoms with Gasteiger partial charge >= 0.3 is 5.97 Å². The molecule has 0 fully saturated rings.